The molecule has 4 atom stereocenters. The van der Waals surface area contributed by atoms with E-state index in [1.165, 1.54) is 30.6 Å². The average Bonchev–Trinajstić information content (AvgIpc) is 3.09. The predicted octanol–water partition coefficient (Wildman–Crippen LogP) is 5.33. The van der Waals surface area contributed by atoms with Gasteiger partial charge in [-0.05, 0) is 88.4 Å². The minimum Gasteiger partial charge on any atom is -0.497 e. The van der Waals surface area contributed by atoms with Gasteiger partial charge in [-0.25, -0.2) is 8.42 Å². The number of hydrogen-bond donors (Lipinski definition) is 2. The molecule has 0 saturated heterocycles. The van der Waals surface area contributed by atoms with Gasteiger partial charge in [0.15, 0.2) is 0 Å². The number of amides is 2. The van der Waals surface area contributed by atoms with Crippen molar-refractivity contribution in [1.29, 1.82) is 0 Å². The molecule has 48 heavy (non-hydrogen) atoms. The number of sulfonamides is 1. The smallest absolute Gasteiger partial charge is 0.258 e. The Kier molecular flexibility index (Phi) is 13.7. The molecule has 0 aromatic heterocycles. The molecule has 11 nitrogen and oxygen atoms in total. The summed E-state index contributed by atoms with van der Waals surface area (Å²) in [7, 11) is -0.788. The van der Waals surface area contributed by atoms with Crippen LogP contribution in [0, 0.1) is 11.8 Å². The molecule has 0 spiro atoms. The summed E-state index contributed by atoms with van der Waals surface area (Å²) in [5, 5.41) is 13.3. The van der Waals surface area contributed by atoms with Crippen molar-refractivity contribution < 1.29 is 37.3 Å². The number of carbonyl (C=O) groups excluding carboxylic acids is 2. The molecule has 0 radical (unpaired) electrons. The van der Waals surface area contributed by atoms with E-state index in [-0.39, 0.29) is 54.3 Å². The minimum atomic E-state index is -3.84. The number of benzene rings is 2. The number of nitrogens with one attached hydrogen (secondary N) is 1. The summed E-state index contributed by atoms with van der Waals surface area (Å²) in [5.41, 5.74) is 0.816. The average molecular weight is 688 g/mol. The van der Waals surface area contributed by atoms with E-state index in [0.29, 0.717) is 29.4 Å². The fourth-order valence-corrected chi connectivity index (χ4v) is 7.53. The molecule has 2 aromatic rings. The predicted molar refractivity (Wildman–Crippen MR) is 185 cm³/mol. The van der Waals surface area contributed by atoms with Crippen molar-refractivity contribution in [2.24, 2.45) is 11.8 Å². The van der Waals surface area contributed by atoms with Crippen LogP contribution in [0.1, 0.15) is 82.5 Å². The molecule has 12 heteroatoms. The maximum absolute atomic E-state index is 14.4. The van der Waals surface area contributed by atoms with Gasteiger partial charge in [-0.2, -0.15) is 4.31 Å². The SMILES string of the molecule is COc1ccc(S(=O)(=O)N(C)C[C@@H]2OCCCC[C@H](C)Oc3ccc(NC(=O)C4CCCCC4)cc3C(=O)N([C@@H](C)CO)C[C@@H]2C)cc1. The molecule has 1 aliphatic carbocycles. The Balaban J connectivity index is 1.62. The Morgan fingerprint density at radius 3 is 2.42 bits per heavy atom. The van der Waals surface area contributed by atoms with Crippen molar-refractivity contribution >= 4 is 27.5 Å². The summed E-state index contributed by atoms with van der Waals surface area (Å²) in [4.78, 5) is 29.2. The maximum Gasteiger partial charge on any atom is 0.258 e. The zero-order valence-corrected chi connectivity index (χ0v) is 29.8. The molecule has 266 valence electrons. The van der Waals surface area contributed by atoms with Gasteiger partial charge < -0.3 is 29.5 Å². The van der Waals surface area contributed by atoms with Crippen LogP contribution in [0.5, 0.6) is 11.5 Å². The molecule has 2 aromatic carbocycles. The van der Waals surface area contributed by atoms with Gasteiger partial charge in [0.05, 0.1) is 42.4 Å². The summed E-state index contributed by atoms with van der Waals surface area (Å²) in [6, 6.07) is 10.9. The third-order valence-corrected chi connectivity index (χ3v) is 11.3. The largest absolute Gasteiger partial charge is 0.497 e. The molecule has 0 bridgehead atoms. The number of rotatable bonds is 9. The molecular weight excluding hydrogens is 634 g/mol. The highest BCUT2D eigenvalue weighted by Crippen LogP contribution is 2.30. The highest BCUT2D eigenvalue weighted by molar-refractivity contribution is 7.89. The fourth-order valence-electron chi connectivity index (χ4n) is 6.35. The van der Waals surface area contributed by atoms with Gasteiger partial charge in [-0.15, -0.1) is 0 Å². The molecule has 2 aliphatic rings. The monoisotopic (exact) mass is 687 g/mol. The lowest BCUT2D eigenvalue weighted by atomic mass is 9.88. The van der Waals surface area contributed by atoms with Crippen LogP contribution < -0.4 is 14.8 Å². The van der Waals surface area contributed by atoms with E-state index >= 15 is 0 Å². The highest BCUT2D eigenvalue weighted by Gasteiger charge is 2.33. The number of fused-ring (bicyclic) bond motifs is 1. The van der Waals surface area contributed by atoms with Gasteiger partial charge in [0.1, 0.15) is 11.5 Å². The van der Waals surface area contributed by atoms with Gasteiger partial charge in [0, 0.05) is 44.3 Å². The van der Waals surface area contributed by atoms with E-state index in [1.807, 2.05) is 13.8 Å². The summed E-state index contributed by atoms with van der Waals surface area (Å²) in [6.45, 7) is 6.05. The normalized spacial score (nSPS) is 22.7. The number of carbonyl (C=O) groups is 2. The van der Waals surface area contributed by atoms with Gasteiger partial charge in [-0.3, -0.25) is 9.59 Å². The lowest BCUT2D eigenvalue weighted by Crippen LogP contribution is -2.48. The molecule has 1 saturated carbocycles. The van der Waals surface area contributed by atoms with Crippen LogP contribution in [0.2, 0.25) is 0 Å². The molecule has 1 aliphatic heterocycles. The first-order chi connectivity index (χ1) is 22.9. The van der Waals surface area contributed by atoms with Crippen LogP contribution in [0.4, 0.5) is 5.69 Å². The lowest BCUT2D eigenvalue weighted by molar-refractivity contribution is -0.120. The van der Waals surface area contributed by atoms with E-state index in [4.69, 9.17) is 14.2 Å². The van der Waals surface area contributed by atoms with Crippen molar-refractivity contribution in [3.8, 4) is 11.5 Å². The highest BCUT2D eigenvalue weighted by atomic mass is 32.2. The van der Waals surface area contributed by atoms with Crippen molar-refractivity contribution in [2.45, 2.75) is 95.3 Å². The Labute approximate surface area is 286 Å². The lowest BCUT2D eigenvalue weighted by Gasteiger charge is -2.35. The van der Waals surface area contributed by atoms with Crippen LogP contribution in [0.25, 0.3) is 0 Å². The van der Waals surface area contributed by atoms with E-state index < -0.39 is 22.2 Å². The van der Waals surface area contributed by atoms with Crippen LogP contribution in [-0.4, -0.2) is 93.3 Å². The second-order valence-corrected chi connectivity index (χ2v) is 15.3. The molecule has 4 rings (SSSR count). The zero-order valence-electron chi connectivity index (χ0n) is 29.0. The standard InChI is InChI=1S/C36H53N3O8S/c1-25-22-39(26(2)24-40)36(42)32-21-29(37-35(41)28-12-7-6-8-13-28)14-19-33(32)47-27(3)11-9-10-20-46-34(25)23-38(4)48(43,44)31-17-15-30(45-5)16-18-31/h14-19,21,25-28,34,40H,6-13,20,22-24H2,1-5H3,(H,37,41)/t25-,26-,27-,34-/m0/s1. The van der Waals surface area contributed by atoms with Crippen molar-refractivity contribution in [2.75, 3.05) is 45.8 Å². The Morgan fingerprint density at radius 2 is 1.75 bits per heavy atom. The zero-order chi connectivity index (χ0) is 34.8. The van der Waals surface area contributed by atoms with E-state index in [9.17, 15) is 23.1 Å². The number of aliphatic hydroxyl groups excluding tert-OH is 1. The fraction of sp³-hybridized carbons (Fsp3) is 0.611. The topological polar surface area (TPSA) is 135 Å². The molecule has 0 unspecified atom stereocenters. The number of aliphatic hydroxyl groups is 1. The quantitative estimate of drug-likeness (QED) is 0.362. The minimum absolute atomic E-state index is 0.0415. The van der Waals surface area contributed by atoms with Crippen LogP contribution in [0.3, 0.4) is 0 Å². The van der Waals surface area contributed by atoms with Crippen molar-refractivity contribution in [3.63, 3.8) is 0 Å². The van der Waals surface area contributed by atoms with Crippen molar-refractivity contribution in [1.82, 2.24) is 9.21 Å². The molecule has 1 heterocycles. The van der Waals surface area contributed by atoms with Gasteiger partial charge in [0.25, 0.3) is 5.91 Å². The molecule has 2 N–H and O–H groups in total. The number of hydrogen-bond acceptors (Lipinski definition) is 8. The Hall–Kier alpha value is -3.19. The number of methoxy groups -OCH3 is 1. The van der Waals surface area contributed by atoms with Crippen LogP contribution >= 0.6 is 0 Å². The number of anilines is 1. The van der Waals surface area contributed by atoms with Crippen LogP contribution in [-0.2, 0) is 19.6 Å². The molecule has 2 amide bonds. The summed E-state index contributed by atoms with van der Waals surface area (Å²) in [6.07, 6.45) is 6.48. The first kappa shape index (κ1) is 37.6. The summed E-state index contributed by atoms with van der Waals surface area (Å²) in [5.74, 6) is 0.227. The summed E-state index contributed by atoms with van der Waals surface area (Å²) < 4.78 is 46.1. The number of ether oxygens (including phenoxy) is 3. The third kappa shape index (κ3) is 9.71. The maximum atomic E-state index is 14.4. The summed E-state index contributed by atoms with van der Waals surface area (Å²) >= 11 is 0. The van der Waals surface area contributed by atoms with Gasteiger partial charge in [0.2, 0.25) is 15.9 Å². The van der Waals surface area contributed by atoms with Crippen molar-refractivity contribution in [3.05, 3.63) is 48.0 Å². The van der Waals surface area contributed by atoms with Gasteiger partial charge >= 0.3 is 0 Å². The van der Waals surface area contributed by atoms with E-state index in [2.05, 4.69) is 5.32 Å². The third-order valence-electron chi connectivity index (χ3n) is 9.50. The Bertz CT molecular complexity index is 1460. The second-order valence-electron chi connectivity index (χ2n) is 13.3. The first-order valence-electron chi connectivity index (χ1n) is 17.2. The van der Waals surface area contributed by atoms with Gasteiger partial charge in [-0.1, -0.05) is 26.2 Å². The molecule has 1 fully saturated rings. The van der Waals surface area contributed by atoms with E-state index in [1.54, 1.807) is 42.2 Å². The van der Waals surface area contributed by atoms with E-state index in [0.717, 1.165) is 51.4 Å². The first-order valence-corrected chi connectivity index (χ1v) is 18.6. The second kappa shape index (κ2) is 17.5. The molecular formula is C36H53N3O8S. The number of likely N-dealkylation sites (N-methyl/N-ethyl adjacent to an activating group) is 1. The Morgan fingerprint density at radius 1 is 1.06 bits per heavy atom. The van der Waals surface area contributed by atoms with Crippen LogP contribution in [0.15, 0.2) is 47.4 Å². The number of nitrogens with zero attached hydrogens (tertiary/aromatic N) is 2.